The minimum absolute atomic E-state index is 0.139. The third-order valence-electron chi connectivity index (χ3n) is 3.99. The normalized spacial score (nSPS) is 23.7. The zero-order valence-electron chi connectivity index (χ0n) is 10.2. The maximum atomic E-state index is 12.6. The second-order valence-corrected chi connectivity index (χ2v) is 5.50. The molecule has 1 aliphatic rings. The lowest BCUT2D eigenvalue weighted by Crippen LogP contribution is -2.16. The van der Waals surface area contributed by atoms with Gasteiger partial charge in [0.25, 0.3) is 0 Å². The first-order chi connectivity index (χ1) is 8.68. The van der Waals surface area contributed by atoms with Gasteiger partial charge in [-0.15, -0.1) is 0 Å². The van der Waals surface area contributed by atoms with Crippen molar-refractivity contribution in [3.63, 3.8) is 0 Å². The maximum Gasteiger partial charge on any atom is 0.168 e. The standard InChI is InChI=1S/C14H15ClN2O/c1-8-3-2-4-9(8)13(18)10-7-17-14-12(10)11(15)5-6-16-14/h5-9H,2-4H2,1H3,(H,16,17). The molecule has 1 N–H and O–H groups in total. The van der Waals surface area contributed by atoms with Crippen LogP contribution in [0.1, 0.15) is 36.5 Å². The molecule has 0 amide bonds. The van der Waals surface area contributed by atoms with Crippen LogP contribution < -0.4 is 0 Å². The van der Waals surface area contributed by atoms with Crippen molar-refractivity contribution < 1.29 is 4.79 Å². The Morgan fingerprint density at radius 2 is 2.33 bits per heavy atom. The van der Waals surface area contributed by atoms with E-state index < -0.39 is 0 Å². The molecule has 3 rings (SSSR count). The van der Waals surface area contributed by atoms with E-state index in [1.807, 2.05) is 0 Å². The summed E-state index contributed by atoms with van der Waals surface area (Å²) in [5, 5.41) is 1.36. The van der Waals surface area contributed by atoms with Crippen molar-refractivity contribution in [2.45, 2.75) is 26.2 Å². The number of halogens is 1. The molecule has 0 aliphatic heterocycles. The number of hydrogen-bond donors (Lipinski definition) is 1. The van der Waals surface area contributed by atoms with Crippen LogP contribution in [0.3, 0.4) is 0 Å². The van der Waals surface area contributed by atoms with Crippen LogP contribution in [0.2, 0.25) is 5.02 Å². The molecule has 0 aromatic carbocycles. The number of aromatic nitrogens is 2. The molecule has 1 saturated carbocycles. The Bertz CT molecular complexity index is 605. The van der Waals surface area contributed by atoms with Crippen molar-refractivity contribution >= 4 is 28.4 Å². The summed E-state index contributed by atoms with van der Waals surface area (Å²) in [5.41, 5.74) is 1.39. The Balaban J connectivity index is 2.07. The number of fused-ring (bicyclic) bond motifs is 1. The number of ketones is 1. The first-order valence-electron chi connectivity index (χ1n) is 6.34. The van der Waals surface area contributed by atoms with E-state index in [0.717, 1.165) is 24.6 Å². The average Bonchev–Trinajstić information content (AvgIpc) is 2.95. The summed E-state index contributed by atoms with van der Waals surface area (Å²) in [6.45, 7) is 2.16. The third-order valence-corrected chi connectivity index (χ3v) is 4.30. The summed E-state index contributed by atoms with van der Waals surface area (Å²) < 4.78 is 0. The van der Waals surface area contributed by atoms with E-state index in [2.05, 4.69) is 16.9 Å². The van der Waals surface area contributed by atoms with Gasteiger partial charge < -0.3 is 4.98 Å². The molecule has 2 heterocycles. The van der Waals surface area contributed by atoms with Crippen molar-refractivity contribution in [1.29, 1.82) is 0 Å². The molecule has 2 atom stereocenters. The van der Waals surface area contributed by atoms with Gasteiger partial charge in [0.15, 0.2) is 5.78 Å². The van der Waals surface area contributed by atoms with Gasteiger partial charge in [-0.25, -0.2) is 4.98 Å². The lowest BCUT2D eigenvalue weighted by atomic mass is 9.90. The number of carbonyl (C=O) groups is 1. The monoisotopic (exact) mass is 262 g/mol. The van der Waals surface area contributed by atoms with Crippen molar-refractivity contribution in [3.8, 4) is 0 Å². The summed E-state index contributed by atoms with van der Waals surface area (Å²) in [5.74, 6) is 0.819. The molecule has 2 unspecified atom stereocenters. The van der Waals surface area contributed by atoms with Crippen molar-refractivity contribution in [1.82, 2.24) is 9.97 Å². The fourth-order valence-corrected chi connectivity index (χ4v) is 3.19. The number of nitrogens with zero attached hydrogens (tertiary/aromatic N) is 1. The SMILES string of the molecule is CC1CCCC1C(=O)c1c[nH]c2nccc(Cl)c12. The zero-order chi connectivity index (χ0) is 12.7. The van der Waals surface area contributed by atoms with Crippen LogP contribution in [-0.4, -0.2) is 15.8 Å². The molecule has 18 heavy (non-hydrogen) atoms. The molecule has 0 radical (unpaired) electrons. The number of Topliss-reactive ketones (excluding diaryl/α,β-unsaturated/α-hetero) is 1. The maximum absolute atomic E-state index is 12.6. The molecular formula is C14H15ClN2O. The Labute approximate surface area is 111 Å². The minimum atomic E-state index is 0.139. The van der Waals surface area contributed by atoms with Gasteiger partial charge in [-0.05, 0) is 24.8 Å². The first-order valence-corrected chi connectivity index (χ1v) is 6.72. The molecule has 2 aromatic rings. The van der Waals surface area contributed by atoms with Crippen LogP contribution in [0, 0.1) is 11.8 Å². The van der Waals surface area contributed by atoms with E-state index in [4.69, 9.17) is 11.6 Å². The first kappa shape index (κ1) is 11.7. The highest BCUT2D eigenvalue weighted by Gasteiger charge is 2.31. The van der Waals surface area contributed by atoms with Gasteiger partial charge in [-0.1, -0.05) is 24.9 Å². The highest BCUT2D eigenvalue weighted by atomic mass is 35.5. The molecule has 0 spiro atoms. The van der Waals surface area contributed by atoms with Gasteiger partial charge in [0.2, 0.25) is 0 Å². The van der Waals surface area contributed by atoms with Gasteiger partial charge in [0.05, 0.1) is 5.02 Å². The summed E-state index contributed by atoms with van der Waals surface area (Å²) >= 11 is 6.18. The van der Waals surface area contributed by atoms with Gasteiger partial charge in [-0.2, -0.15) is 0 Å². The van der Waals surface area contributed by atoms with Gasteiger partial charge in [0, 0.05) is 29.3 Å². The van der Waals surface area contributed by atoms with Gasteiger partial charge in [-0.3, -0.25) is 4.79 Å². The van der Waals surface area contributed by atoms with Crippen LogP contribution in [0.5, 0.6) is 0 Å². The number of carbonyl (C=O) groups excluding carboxylic acids is 1. The van der Waals surface area contributed by atoms with E-state index in [1.165, 1.54) is 0 Å². The fraction of sp³-hybridized carbons (Fsp3) is 0.429. The number of H-pyrrole nitrogens is 1. The Hall–Kier alpha value is -1.35. The van der Waals surface area contributed by atoms with Gasteiger partial charge >= 0.3 is 0 Å². The lowest BCUT2D eigenvalue weighted by Gasteiger charge is -2.13. The predicted molar refractivity (Wildman–Crippen MR) is 71.9 cm³/mol. The Morgan fingerprint density at radius 3 is 3.06 bits per heavy atom. The number of pyridine rings is 1. The average molecular weight is 263 g/mol. The topological polar surface area (TPSA) is 45.8 Å². The molecule has 3 nitrogen and oxygen atoms in total. The van der Waals surface area contributed by atoms with Crippen molar-refractivity contribution in [2.24, 2.45) is 11.8 Å². The van der Waals surface area contributed by atoms with E-state index in [0.29, 0.717) is 22.2 Å². The Kier molecular flexibility index (Phi) is 2.86. The summed E-state index contributed by atoms with van der Waals surface area (Å²) in [4.78, 5) is 19.8. The summed E-state index contributed by atoms with van der Waals surface area (Å²) in [6, 6.07) is 1.73. The fourth-order valence-electron chi connectivity index (χ4n) is 2.95. The minimum Gasteiger partial charge on any atom is -0.345 e. The van der Waals surface area contributed by atoms with Crippen molar-refractivity contribution in [2.75, 3.05) is 0 Å². The second-order valence-electron chi connectivity index (χ2n) is 5.10. The largest absolute Gasteiger partial charge is 0.345 e. The molecular weight excluding hydrogens is 248 g/mol. The second kappa shape index (κ2) is 4.39. The molecule has 94 valence electrons. The number of rotatable bonds is 2. The van der Waals surface area contributed by atoms with Crippen LogP contribution in [0.25, 0.3) is 11.0 Å². The lowest BCUT2D eigenvalue weighted by molar-refractivity contribution is 0.0899. The van der Waals surface area contributed by atoms with Crippen LogP contribution in [-0.2, 0) is 0 Å². The highest BCUT2D eigenvalue weighted by Crippen LogP contribution is 2.36. The molecule has 4 heteroatoms. The highest BCUT2D eigenvalue weighted by molar-refractivity contribution is 6.36. The molecule has 0 saturated heterocycles. The predicted octanol–water partition coefficient (Wildman–Crippen LogP) is 3.84. The van der Waals surface area contributed by atoms with Gasteiger partial charge in [0.1, 0.15) is 5.65 Å². The number of nitrogens with one attached hydrogen (secondary N) is 1. The summed E-state index contributed by atoms with van der Waals surface area (Å²) in [6.07, 6.45) is 6.67. The van der Waals surface area contributed by atoms with Crippen LogP contribution >= 0.6 is 11.6 Å². The van der Waals surface area contributed by atoms with E-state index in [9.17, 15) is 4.79 Å². The van der Waals surface area contributed by atoms with E-state index in [1.54, 1.807) is 18.5 Å². The van der Waals surface area contributed by atoms with Crippen molar-refractivity contribution in [3.05, 3.63) is 29.0 Å². The third kappa shape index (κ3) is 1.74. The smallest absolute Gasteiger partial charge is 0.168 e. The number of aromatic amines is 1. The van der Waals surface area contributed by atoms with E-state index in [-0.39, 0.29) is 11.7 Å². The van der Waals surface area contributed by atoms with Crippen LogP contribution in [0.4, 0.5) is 0 Å². The molecule has 0 bridgehead atoms. The quantitative estimate of drug-likeness (QED) is 0.836. The molecule has 1 aliphatic carbocycles. The molecule has 2 aromatic heterocycles. The van der Waals surface area contributed by atoms with Crippen LogP contribution in [0.15, 0.2) is 18.5 Å². The number of hydrogen-bond acceptors (Lipinski definition) is 2. The molecule has 1 fully saturated rings. The Morgan fingerprint density at radius 1 is 1.50 bits per heavy atom. The summed E-state index contributed by atoms with van der Waals surface area (Å²) in [7, 11) is 0. The van der Waals surface area contributed by atoms with E-state index >= 15 is 0 Å². The zero-order valence-corrected chi connectivity index (χ0v) is 11.0.